The van der Waals surface area contributed by atoms with Crippen molar-refractivity contribution in [3.63, 3.8) is 0 Å². The normalized spacial score (nSPS) is 14.7. The molecular weight excluding hydrogens is 428 g/mol. The molecule has 3 aromatic rings. The van der Waals surface area contributed by atoms with E-state index in [-0.39, 0.29) is 21.7 Å². The van der Waals surface area contributed by atoms with E-state index in [2.05, 4.69) is 4.98 Å². The molecule has 0 unspecified atom stereocenters. The smallest absolute Gasteiger partial charge is 0.236 e. The number of rotatable bonds is 6. The van der Waals surface area contributed by atoms with Gasteiger partial charge in [0.1, 0.15) is 5.75 Å². The highest BCUT2D eigenvalue weighted by atomic mass is 35.5. The highest BCUT2D eigenvalue weighted by Gasteiger charge is 2.32. The summed E-state index contributed by atoms with van der Waals surface area (Å²) >= 11 is 6.29. The SMILES string of the molecule is CCOc1ccc(S(=O)(=O)c2nc(-c3ccccc3Cl)oc2N2CCOCC2)cc1. The van der Waals surface area contributed by atoms with E-state index in [1.807, 2.05) is 11.8 Å². The Kier molecular flexibility index (Phi) is 5.99. The summed E-state index contributed by atoms with van der Waals surface area (Å²) in [5.41, 5.74) is 0.529. The molecule has 1 saturated heterocycles. The number of halogens is 1. The molecule has 0 atom stereocenters. The predicted octanol–water partition coefficient (Wildman–Crippen LogP) is 4.06. The molecule has 158 valence electrons. The lowest BCUT2D eigenvalue weighted by molar-refractivity contribution is 0.120. The minimum atomic E-state index is -3.94. The third kappa shape index (κ3) is 4.03. The number of morpholine rings is 1. The second-order valence-corrected chi connectivity index (χ2v) is 8.89. The van der Waals surface area contributed by atoms with Crippen molar-refractivity contribution in [1.29, 1.82) is 0 Å². The van der Waals surface area contributed by atoms with Crippen LogP contribution >= 0.6 is 11.6 Å². The number of anilines is 1. The first-order valence-electron chi connectivity index (χ1n) is 9.57. The molecule has 0 radical (unpaired) electrons. The Labute approximate surface area is 180 Å². The monoisotopic (exact) mass is 448 g/mol. The van der Waals surface area contributed by atoms with Gasteiger partial charge in [0.25, 0.3) is 0 Å². The van der Waals surface area contributed by atoms with E-state index in [0.29, 0.717) is 49.2 Å². The lowest BCUT2D eigenvalue weighted by Crippen LogP contribution is -2.36. The predicted molar refractivity (Wildman–Crippen MR) is 113 cm³/mol. The standard InChI is InChI=1S/C21H21ClN2O5S/c1-2-28-15-7-9-16(10-8-15)30(25,26)20-21(24-11-13-27-14-12-24)29-19(23-20)17-5-3-4-6-18(17)22/h3-10H,2,11-14H2,1H3. The molecule has 0 spiro atoms. The first kappa shape index (κ1) is 20.7. The van der Waals surface area contributed by atoms with Gasteiger partial charge >= 0.3 is 0 Å². The fourth-order valence-corrected chi connectivity index (χ4v) is 4.72. The van der Waals surface area contributed by atoms with Gasteiger partial charge in [0.05, 0.1) is 35.3 Å². The van der Waals surface area contributed by atoms with Crippen LogP contribution in [0, 0.1) is 0 Å². The van der Waals surface area contributed by atoms with E-state index >= 15 is 0 Å². The minimum absolute atomic E-state index is 0.111. The van der Waals surface area contributed by atoms with Crippen molar-refractivity contribution in [2.24, 2.45) is 0 Å². The van der Waals surface area contributed by atoms with Gasteiger partial charge in [-0.3, -0.25) is 0 Å². The fraction of sp³-hybridized carbons (Fsp3) is 0.286. The van der Waals surface area contributed by atoms with Gasteiger partial charge in [-0.05, 0) is 43.3 Å². The third-order valence-electron chi connectivity index (χ3n) is 4.68. The zero-order chi connectivity index (χ0) is 21.1. The lowest BCUT2D eigenvalue weighted by Gasteiger charge is -2.26. The highest BCUT2D eigenvalue weighted by Crippen LogP contribution is 2.37. The number of oxazole rings is 1. The number of ether oxygens (including phenoxy) is 2. The summed E-state index contributed by atoms with van der Waals surface area (Å²) < 4.78 is 43.6. The number of hydrogen-bond donors (Lipinski definition) is 0. The Bertz CT molecular complexity index is 1120. The van der Waals surface area contributed by atoms with Gasteiger partial charge in [-0.25, -0.2) is 8.42 Å². The van der Waals surface area contributed by atoms with Gasteiger partial charge < -0.3 is 18.8 Å². The van der Waals surface area contributed by atoms with Crippen LogP contribution in [0.1, 0.15) is 6.92 Å². The van der Waals surface area contributed by atoms with Crippen LogP contribution in [0.2, 0.25) is 5.02 Å². The maximum Gasteiger partial charge on any atom is 0.236 e. The molecule has 0 bridgehead atoms. The molecule has 1 aliphatic rings. The van der Waals surface area contributed by atoms with Gasteiger partial charge in [-0.15, -0.1) is 0 Å². The van der Waals surface area contributed by atoms with Crippen LogP contribution in [0.4, 0.5) is 5.88 Å². The fourth-order valence-electron chi connectivity index (χ4n) is 3.18. The van der Waals surface area contributed by atoms with Gasteiger partial charge in [-0.1, -0.05) is 23.7 Å². The van der Waals surface area contributed by atoms with E-state index in [1.165, 1.54) is 12.1 Å². The van der Waals surface area contributed by atoms with Gasteiger partial charge in [0.15, 0.2) is 0 Å². The average molecular weight is 449 g/mol. The molecule has 0 amide bonds. The molecule has 1 aromatic heterocycles. The van der Waals surface area contributed by atoms with Crippen LogP contribution in [-0.2, 0) is 14.6 Å². The van der Waals surface area contributed by atoms with Gasteiger partial charge in [-0.2, -0.15) is 4.98 Å². The van der Waals surface area contributed by atoms with Crippen LogP contribution in [0.15, 0.2) is 62.9 Å². The van der Waals surface area contributed by atoms with Crippen LogP contribution in [0.25, 0.3) is 11.5 Å². The van der Waals surface area contributed by atoms with Crippen molar-refractivity contribution >= 4 is 27.3 Å². The first-order chi connectivity index (χ1) is 14.5. The maximum absolute atomic E-state index is 13.4. The van der Waals surface area contributed by atoms with Gasteiger partial charge in [0, 0.05) is 13.1 Å². The van der Waals surface area contributed by atoms with Crippen LogP contribution in [0.5, 0.6) is 5.75 Å². The highest BCUT2D eigenvalue weighted by molar-refractivity contribution is 7.91. The van der Waals surface area contributed by atoms with Crippen LogP contribution in [-0.4, -0.2) is 46.3 Å². The Morgan fingerprint density at radius 3 is 2.47 bits per heavy atom. The average Bonchev–Trinajstić information content (AvgIpc) is 3.21. The van der Waals surface area contributed by atoms with E-state index in [0.717, 1.165) is 0 Å². The summed E-state index contributed by atoms with van der Waals surface area (Å²) in [6.07, 6.45) is 0. The molecule has 9 heteroatoms. The second kappa shape index (κ2) is 8.67. The van der Waals surface area contributed by atoms with Crippen molar-refractivity contribution in [2.45, 2.75) is 16.8 Å². The molecule has 0 N–H and O–H groups in total. The van der Waals surface area contributed by atoms with E-state index in [1.54, 1.807) is 36.4 Å². The van der Waals surface area contributed by atoms with Crippen molar-refractivity contribution < 1.29 is 22.3 Å². The van der Waals surface area contributed by atoms with Crippen molar-refractivity contribution in [1.82, 2.24) is 4.98 Å². The quantitative estimate of drug-likeness (QED) is 0.562. The summed E-state index contributed by atoms with van der Waals surface area (Å²) in [6, 6.07) is 13.3. The number of aromatic nitrogens is 1. The molecule has 0 aliphatic carbocycles. The Morgan fingerprint density at radius 1 is 1.10 bits per heavy atom. The Hall–Kier alpha value is -2.55. The lowest BCUT2D eigenvalue weighted by atomic mass is 10.2. The molecule has 30 heavy (non-hydrogen) atoms. The Morgan fingerprint density at radius 2 is 1.80 bits per heavy atom. The van der Waals surface area contributed by atoms with E-state index < -0.39 is 9.84 Å². The summed E-state index contributed by atoms with van der Waals surface area (Å²) in [7, 11) is -3.94. The van der Waals surface area contributed by atoms with Crippen molar-refractivity contribution in [3.05, 3.63) is 53.6 Å². The summed E-state index contributed by atoms with van der Waals surface area (Å²) in [6.45, 7) is 4.32. The molecule has 2 aromatic carbocycles. The first-order valence-corrected chi connectivity index (χ1v) is 11.4. The van der Waals surface area contributed by atoms with Gasteiger partial charge in [0.2, 0.25) is 26.6 Å². The third-order valence-corrected chi connectivity index (χ3v) is 6.68. The topological polar surface area (TPSA) is 81.9 Å². The molecule has 2 heterocycles. The summed E-state index contributed by atoms with van der Waals surface area (Å²) in [4.78, 5) is 6.31. The molecule has 7 nitrogen and oxygen atoms in total. The van der Waals surface area contributed by atoms with Crippen molar-refractivity contribution in [3.8, 4) is 17.2 Å². The van der Waals surface area contributed by atoms with E-state index in [4.69, 9.17) is 25.5 Å². The second-order valence-electron chi connectivity index (χ2n) is 6.62. The Balaban J connectivity index is 1.81. The number of nitrogens with zero attached hydrogens (tertiary/aromatic N) is 2. The van der Waals surface area contributed by atoms with E-state index in [9.17, 15) is 8.42 Å². The summed E-state index contributed by atoms with van der Waals surface area (Å²) in [5.74, 6) is 0.954. The molecular formula is C21H21ClN2O5S. The molecule has 1 fully saturated rings. The number of benzene rings is 2. The molecule has 4 rings (SSSR count). The number of sulfone groups is 1. The molecule has 1 aliphatic heterocycles. The minimum Gasteiger partial charge on any atom is -0.494 e. The summed E-state index contributed by atoms with van der Waals surface area (Å²) in [5, 5.41) is 0.292. The zero-order valence-electron chi connectivity index (χ0n) is 16.4. The largest absolute Gasteiger partial charge is 0.494 e. The number of hydrogen-bond acceptors (Lipinski definition) is 7. The van der Waals surface area contributed by atoms with Crippen LogP contribution in [0.3, 0.4) is 0 Å². The maximum atomic E-state index is 13.4. The zero-order valence-corrected chi connectivity index (χ0v) is 17.9. The molecule has 0 saturated carbocycles. The van der Waals surface area contributed by atoms with Crippen molar-refractivity contribution in [2.75, 3.05) is 37.8 Å². The van der Waals surface area contributed by atoms with Crippen LogP contribution < -0.4 is 9.64 Å².